The molecule has 184 valence electrons. The number of hydrogen-bond donors (Lipinski definition) is 3. The fraction of sp³-hybridized carbons (Fsp3) is 0.269. The van der Waals surface area contributed by atoms with Crippen molar-refractivity contribution in [3.05, 3.63) is 78.4 Å². The van der Waals surface area contributed by atoms with Gasteiger partial charge in [-0.25, -0.2) is 13.9 Å². The molecule has 1 amide bonds. The first-order chi connectivity index (χ1) is 16.9. The lowest BCUT2D eigenvalue weighted by molar-refractivity contribution is -0.134. The molecule has 4 rings (SSSR count). The second kappa shape index (κ2) is 10.5. The Balaban J connectivity index is 1.38. The van der Waals surface area contributed by atoms with Gasteiger partial charge >= 0.3 is 0 Å². The van der Waals surface area contributed by atoms with Gasteiger partial charge in [-0.1, -0.05) is 36.4 Å². The van der Waals surface area contributed by atoms with Crippen LogP contribution in [0.1, 0.15) is 18.4 Å². The van der Waals surface area contributed by atoms with Crippen molar-refractivity contribution in [2.45, 2.75) is 28.9 Å². The molecule has 3 aromatic carbocycles. The van der Waals surface area contributed by atoms with E-state index in [0.717, 1.165) is 16.7 Å². The predicted molar refractivity (Wildman–Crippen MR) is 129 cm³/mol. The van der Waals surface area contributed by atoms with Gasteiger partial charge in [0.05, 0.1) is 11.5 Å². The maximum absolute atomic E-state index is 13.3. The number of phenolic OH excluding ortho intramolecular Hbond substituents is 1. The van der Waals surface area contributed by atoms with Gasteiger partial charge in [0.25, 0.3) is 5.91 Å². The molecule has 0 bridgehead atoms. The number of sulfone groups is 1. The maximum atomic E-state index is 13.3. The zero-order valence-corrected chi connectivity index (χ0v) is 19.8. The molecule has 1 heterocycles. The molecular weight excluding hydrogens is 470 g/mol. The van der Waals surface area contributed by atoms with Gasteiger partial charge < -0.3 is 14.6 Å². The smallest absolute Gasteiger partial charge is 0.265 e. The molecule has 1 saturated heterocycles. The number of phenols is 1. The summed E-state index contributed by atoms with van der Waals surface area (Å²) in [4.78, 5) is 12.3. The normalized spacial score (nSPS) is 15.3. The number of carbonyl (C=O) groups is 1. The van der Waals surface area contributed by atoms with Gasteiger partial charge in [0.1, 0.15) is 11.5 Å². The van der Waals surface area contributed by atoms with E-state index in [-0.39, 0.29) is 36.7 Å². The van der Waals surface area contributed by atoms with Crippen LogP contribution in [0.3, 0.4) is 0 Å². The molecule has 3 N–H and O–H groups in total. The van der Waals surface area contributed by atoms with E-state index < -0.39 is 20.5 Å². The standard InChI is InChI=1S/C26H27NO7S/c28-22-3-1-2-21(18-22)20-6-4-19(5-7-20)12-15-34-23-8-10-24(11-9-23)35(31,32)26(25(29)27-30)13-16-33-17-14-26/h1-11,18,28,30H,12-17H2,(H,27,29). The summed E-state index contributed by atoms with van der Waals surface area (Å²) in [6.45, 7) is 0.622. The van der Waals surface area contributed by atoms with Crippen molar-refractivity contribution in [1.29, 1.82) is 0 Å². The average molecular weight is 498 g/mol. The van der Waals surface area contributed by atoms with E-state index in [4.69, 9.17) is 14.7 Å². The fourth-order valence-corrected chi connectivity index (χ4v) is 6.14. The summed E-state index contributed by atoms with van der Waals surface area (Å²) in [6, 6.07) is 21.0. The summed E-state index contributed by atoms with van der Waals surface area (Å²) in [5, 5.41) is 18.8. The molecule has 0 saturated carbocycles. The average Bonchev–Trinajstić information content (AvgIpc) is 2.89. The van der Waals surface area contributed by atoms with Gasteiger partial charge in [-0.3, -0.25) is 10.0 Å². The van der Waals surface area contributed by atoms with E-state index >= 15 is 0 Å². The van der Waals surface area contributed by atoms with Crippen molar-refractivity contribution in [2.24, 2.45) is 0 Å². The lowest BCUT2D eigenvalue weighted by atomic mass is 9.98. The van der Waals surface area contributed by atoms with Crippen LogP contribution in [0, 0.1) is 0 Å². The van der Waals surface area contributed by atoms with E-state index in [1.54, 1.807) is 30.3 Å². The van der Waals surface area contributed by atoms with Crippen molar-refractivity contribution < 1.29 is 33.0 Å². The second-order valence-corrected chi connectivity index (χ2v) is 10.6. The van der Waals surface area contributed by atoms with Crippen LogP contribution in [0.4, 0.5) is 0 Å². The van der Waals surface area contributed by atoms with Gasteiger partial charge in [-0.15, -0.1) is 0 Å². The molecule has 1 aliphatic rings. The Labute approximate surface area is 204 Å². The molecule has 0 unspecified atom stereocenters. The Morgan fingerprint density at radius 1 is 0.971 bits per heavy atom. The summed E-state index contributed by atoms with van der Waals surface area (Å²) in [6.07, 6.45) is 0.578. The number of hydroxylamine groups is 1. The van der Waals surface area contributed by atoms with Crippen LogP contribution >= 0.6 is 0 Å². The van der Waals surface area contributed by atoms with Crippen molar-refractivity contribution >= 4 is 15.7 Å². The van der Waals surface area contributed by atoms with Crippen molar-refractivity contribution in [1.82, 2.24) is 5.48 Å². The quantitative estimate of drug-likeness (QED) is 0.322. The van der Waals surface area contributed by atoms with Crippen LogP contribution in [0.15, 0.2) is 77.7 Å². The summed E-state index contributed by atoms with van der Waals surface area (Å²) < 4.78 is 35.8. The highest BCUT2D eigenvalue weighted by atomic mass is 32.2. The number of carbonyl (C=O) groups excluding carboxylic acids is 1. The monoisotopic (exact) mass is 497 g/mol. The van der Waals surface area contributed by atoms with E-state index in [0.29, 0.717) is 18.8 Å². The Hall–Kier alpha value is -3.40. The summed E-state index contributed by atoms with van der Waals surface area (Å²) in [5.74, 6) is -0.220. The molecule has 8 nitrogen and oxygen atoms in total. The molecule has 1 fully saturated rings. The van der Waals surface area contributed by atoms with Crippen LogP contribution in [0.25, 0.3) is 11.1 Å². The van der Waals surface area contributed by atoms with Crippen LogP contribution < -0.4 is 10.2 Å². The third-order valence-corrected chi connectivity index (χ3v) is 8.77. The highest BCUT2D eigenvalue weighted by Gasteiger charge is 2.52. The number of ether oxygens (including phenoxy) is 2. The Morgan fingerprint density at radius 3 is 2.29 bits per heavy atom. The molecular formula is C26H27NO7S. The Morgan fingerprint density at radius 2 is 1.66 bits per heavy atom. The molecule has 0 atom stereocenters. The summed E-state index contributed by atoms with van der Waals surface area (Å²) >= 11 is 0. The Bertz CT molecular complexity index is 1270. The minimum atomic E-state index is -4.07. The van der Waals surface area contributed by atoms with Crippen molar-refractivity contribution in [2.75, 3.05) is 19.8 Å². The number of rotatable bonds is 8. The van der Waals surface area contributed by atoms with Crippen LogP contribution in [-0.4, -0.2) is 49.2 Å². The number of aromatic hydroxyl groups is 1. The molecule has 0 radical (unpaired) electrons. The SMILES string of the molecule is O=C(NO)C1(S(=O)(=O)c2ccc(OCCc3ccc(-c4cccc(O)c4)cc3)cc2)CCOCC1. The predicted octanol–water partition coefficient (Wildman–Crippen LogP) is 3.51. The third-order valence-electron chi connectivity index (χ3n) is 6.26. The maximum Gasteiger partial charge on any atom is 0.265 e. The Kier molecular flexibility index (Phi) is 7.39. The van der Waals surface area contributed by atoms with Gasteiger partial charge in [-0.05, 0) is 65.9 Å². The molecule has 0 aliphatic carbocycles. The van der Waals surface area contributed by atoms with Crippen LogP contribution in [0.2, 0.25) is 0 Å². The van der Waals surface area contributed by atoms with E-state index in [1.807, 2.05) is 30.3 Å². The van der Waals surface area contributed by atoms with E-state index in [9.17, 15) is 18.3 Å². The van der Waals surface area contributed by atoms with Gasteiger partial charge in [-0.2, -0.15) is 0 Å². The molecule has 9 heteroatoms. The number of hydrogen-bond acceptors (Lipinski definition) is 7. The minimum absolute atomic E-state index is 0.0158. The third kappa shape index (κ3) is 5.17. The lowest BCUT2D eigenvalue weighted by Gasteiger charge is -2.34. The molecule has 35 heavy (non-hydrogen) atoms. The zero-order valence-electron chi connectivity index (χ0n) is 19.0. The highest BCUT2D eigenvalue weighted by Crippen LogP contribution is 2.35. The lowest BCUT2D eigenvalue weighted by Crippen LogP contribution is -2.54. The molecule has 1 aliphatic heterocycles. The fourth-order valence-electron chi connectivity index (χ4n) is 4.20. The number of nitrogens with one attached hydrogen (secondary N) is 1. The summed E-state index contributed by atoms with van der Waals surface area (Å²) in [7, 11) is -4.07. The van der Waals surface area contributed by atoms with E-state index in [1.165, 1.54) is 17.6 Å². The van der Waals surface area contributed by atoms with Crippen molar-refractivity contribution in [3.63, 3.8) is 0 Å². The van der Waals surface area contributed by atoms with Gasteiger partial charge in [0.2, 0.25) is 0 Å². The largest absolute Gasteiger partial charge is 0.508 e. The molecule has 0 spiro atoms. The highest BCUT2D eigenvalue weighted by molar-refractivity contribution is 7.93. The van der Waals surface area contributed by atoms with Crippen LogP contribution in [0.5, 0.6) is 11.5 Å². The minimum Gasteiger partial charge on any atom is -0.508 e. The van der Waals surface area contributed by atoms with Gasteiger partial charge in [0.15, 0.2) is 14.6 Å². The van der Waals surface area contributed by atoms with E-state index in [2.05, 4.69) is 0 Å². The van der Waals surface area contributed by atoms with Crippen LogP contribution in [-0.2, 0) is 25.8 Å². The zero-order chi connectivity index (χ0) is 24.9. The first-order valence-electron chi connectivity index (χ1n) is 11.2. The van der Waals surface area contributed by atoms with Gasteiger partial charge in [0, 0.05) is 19.6 Å². The first-order valence-corrected chi connectivity index (χ1v) is 12.7. The topological polar surface area (TPSA) is 122 Å². The number of benzene rings is 3. The first kappa shape index (κ1) is 24.7. The van der Waals surface area contributed by atoms with Crippen molar-refractivity contribution in [3.8, 4) is 22.6 Å². The number of amides is 1. The summed E-state index contributed by atoms with van der Waals surface area (Å²) in [5.41, 5.74) is 4.52. The molecule has 3 aromatic rings. The second-order valence-electron chi connectivity index (χ2n) is 8.37. The molecule has 0 aromatic heterocycles.